The Balaban J connectivity index is 2.67. The molecule has 0 saturated carbocycles. The summed E-state index contributed by atoms with van der Waals surface area (Å²) in [5.41, 5.74) is 2.08. The van der Waals surface area contributed by atoms with Crippen LogP contribution in [0.15, 0.2) is 50.2 Å². The van der Waals surface area contributed by atoms with Crippen molar-refractivity contribution in [3.05, 3.63) is 50.8 Å². The largest absolute Gasteiger partial charge is 0.347 e. The molecule has 24 heavy (non-hydrogen) atoms. The van der Waals surface area contributed by atoms with Gasteiger partial charge in [-0.25, -0.2) is 18.7 Å². The molecular weight excluding hydrogens is 416 g/mol. The molecule has 130 valence electrons. The Morgan fingerprint density at radius 2 is 2.04 bits per heavy atom. The van der Waals surface area contributed by atoms with E-state index in [0.29, 0.717) is 5.56 Å². The van der Waals surface area contributed by atoms with Gasteiger partial charge in [0, 0.05) is 4.47 Å². The first kappa shape index (κ1) is 19.0. The van der Waals surface area contributed by atoms with Crippen molar-refractivity contribution in [1.82, 2.24) is 10.4 Å². The molecule has 0 saturated heterocycles. The predicted octanol–water partition coefficient (Wildman–Crippen LogP) is 3.77. The van der Waals surface area contributed by atoms with Crippen molar-refractivity contribution in [2.75, 3.05) is 0 Å². The summed E-state index contributed by atoms with van der Waals surface area (Å²) in [5.74, 6) is 0. The fourth-order valence-electron chi connectivity index (χ4n) is 2.35. The predicted molar refractivity (Wildman–Crippen MR) is 97.1 cm³/mol. The zero-order chi connectivity index (χ0) is 18.1. The molecule has 0 aromatic heterocycles. The normalized spacial score (nSPS) is 17.2. The molecule has 1 aromatic carbocycles. The molecule has 2 N–H and O–H groups in total. The van der Waals surface area contributed by atoms with Gasteiger partial charge in [0.15, 0.2) is 0 Å². The number of carbonyl (C=O) groups excluding carboxylic acids is 1. The van der Waals surface area contributed by atoms with Gasteiger partial charge in [-0.1, -0.05) is 22.0 Å². The minimum absolute atomic E-state index is 0.101. The zero-order valence-electron chi connectivity index (χ0n) is 13.3. The fourth-order valence-corrected chi connectivity index (χ4v) is 5.43. The highest BCUT2D eigenvalue weighted by Crippen LogP contribution is 2.39. The number of urea groups is 1. The van der Waals surface area contributed by atoms with E-state index >= 15 is 0 Å². The molecular formula is C15H17BrN2O4S2. The highest BCUT2D eigenvalue weighted by atomic mass is 79.9. The first-order chi connectivity index (χ1) is 11.1. The Morgan fingerprint density at radius 3 is 2.62 bits per heavy atom. The lowest BCUT2D eigenvalue weighted by Crippen LogP contribution is -2.49. The molecule has 0 bridgehead atoms. The topological polar surface area (TPSA) is 86.7 Å². The number of carbonyl (C=O) groups is 1. The lowest BCUT2D eigenvalue weighted by atomic mass is 10.2. The lowest BCUT2D eigenvalue weighted by Gasteiger charge is -2.36. The monoisotopic (exact) mass is 432 g/mol. The molecule has 0 fully saturated rings. The average Bonchev–Trinajstić information content (AvgIpc) is 2.64. The maximum atomic E-state index is 13.2. The number of hydrogen-bond acceptors (Lipinski definition) is 5. The van der Waals surface area contributed by atoms with Crippen molar-refractivity contribution in [3.8, 4) is 0 Å². The number of allylic oxidation sites excluding steroid dienone is 2. The summed E-state index contributed by atoms with van der Waals surface area (Å²) in [7, 11) is -3.98. The van der Waals surface area contributed by atoms with Gasteiger partial charge in [0.25, 0.3) is 0 Å². The third kappa shape index (κ3) is 3.53. The van der Waals surface area contributed by atoms with E-state index < -0.39 is 20.7 Å². The Bertz CT molecular complexity index is 832. The van der Waals surface area contributed by atoms with Gasteiger partial charge in [0.1, 0.15) is 5.03 Å². The molecule has 2 amide bonds. The molecule has 1 aromatic rings. The number of nitrogens with one attached hydrogen (secondary N) is 1. The Labute approximate surface area is 153 Å². The Hall–Kier alpha value is -1.29. The number of aryl methyl sites for hydroxylation is 1. The van der Waals surface area contributed by atoms with E-state index in [-0.39, 0.29) is 9.92 Å². The van der Waals surface area contributed by atoms with Crippen molar-refractivity contribution in [2.45, 2.75) is 30.5 Å². The van der Waals surface area contributed by atoms with E-state index in [4.69, 9.17) is 5.21 Å². The third-order valence-corrected chi connectivity index (χ3v) is 6.89. The Kier molecular flexibility index (Phi) is 5.48. The number of rotatable bonds is 2. The summed E-state index contributed by atoms with van der Waals surface area (Å²) in [5, 5.41) is 10.6. The number of hydrogen-bond donors (Lipinski definition) is 2. The van der Waals surface area contributed by atoms with Crippen LogP contribution in [0.4, 0.5) is 4.79 Å². The number of benzene rings is 1. The summed E-state index contributed by atoms with van der Waals surface area (Å²) in [6.07, 6.45) is 2.92. The van der Waals surface area contributed by atoms with Crippen LogP contribution in [-0.2, 0) is 9.84 Å². The molecule has 1 aliphatic rings. The zero-order valence-corrected chi connectivity index (χ0v) is 16.5. The fraction of sp³-hybridized carbons (Fsp3) is 0.267. The van der Waals surface area contributed by atoms with Gasteiger partial charge >= 0.3 is 6.03 Å². The molecule has 1 heterocycles. The summed E-state index contributed by atoms with van der Waals surface area (Å²) < 4.78 is 27.1. The smallest absolute Gasteiger partial charge is 0.287 e. The average molecular weight is 433 g/mol. The van der Waals surface area contributed by atoms with Crippen LogP contribution in [0, 0.1) is 6.92 Å². The molecule has 0 radical (unpaired) electrons. The van der Waals surface area contributed by atoms with Gasteiger partial charge in [0.05, 0.1) is 9.77 Å². The van der Waals surface area contributed by atoms with Crippen LogP contribution < -0.4 is 5.48 Å². The summed E-state index contributed by atoms with van der Waals surface area (Å²) >= 11 is 4.57. The number of thioether (sulfide) groups is 1. The van der Waals surface area contributed by atoms with Crippen molar-refractivity contribution in [1.29, 1.82) is 0 Å². The van der Waals surface area contributed by atoms with Crippen LogP contribution >= 0.6 is 27.7 Å². The van der Waals surface area contributed by atoms with E-state index in [1.165, 1.54) is 29.4 Å². The maximum absolute atomic E-state index is 13.2. The van der Waals surface area contributed by atoms with E-state index in [2.05, 4.69) is 15.9 Å². The molecule has 9 heteroatoms. The lowest BCUT2D eigenvalue weighted by molar-refractivity contribution is 0.129. The second kappa shape index (κ2) is 6.91. The first-order valence-electron chi connectivity index (χ1n) is 6.91. The second-order valence-electron chi connectivity index (χ2n) is 5.56. The SMILES string of the molecule is Cc1cc(Br)ccc1S(=O)(=O)C1=CC=CSC(C)(C)N1C(=O)NO. The van der Waals surface area contributed by atoms with E-state index in [1.54, 1.807) is 44.4 Å². The van der Waals surface area contributed by atoms with Crippen LogP contribution in [0.3, 0.4) is 0 Å². The van der Waals surface area contributed by atoms with Gasteiger partial charge in [-0.2, -0.15) is 0 Å². The van der Waals surface area contributed by atoms with Gasteiger partial charge in [-0.05, 0) is 56.0 Å². The molecule has 0 aliphatic carbocycles. The maximum Gasteiger partial charge on any atom is 0.347 e. The first-order valence-corrected chi connectivity index (χ1v) is 10.1. The van der Waals surface area contributed by atoms with Gasteiger partial charge in [-0.3, -0.25) is 10.1 Å². The quantitative estimate of drug-likeness (QED) is 0.548. The highest BCUT2D eigenvalue weighted by molar-refractivity contribution is 9.10. The molecule has 1 aliphatic heterocycles. The summed E-state index contributed by atoms with van der Waals surface area (Å²) in [6, 6.07) is 3.89. The summed E-state index contributed by atoms with van der Waals surface area (Å²) in [4.78, 5) is 12.4. The molecule has 0 atom stereocenters. The van der Waals surface area contributed by atoms with Crippen molar-refractivity contribution < 1.29 is 18.4 Å². The van der Waals surface area contributed by atoms with Crippen molar-refractivity contribution in [3.63, 3.8) is 0 Å². The van der Waals surface area contributed by atoms with E-state index in [0.717, 1.165) is 9.37 Å². The summed E-state index contributed by atoms with van der Waals surface area (Å²) in [6.45, 7) is 5.07. The number of amides is 2. The van der Waals surface area contributed by atoms with Crippen LogP contribution in [0.25, 0.3) is 0 Å². The number of hydroxylamine groups is 1. The minimum atomic E-state index is -3.98. The van der Waals surface area contributed by atoms with Crippen LogP contribution in [0.1, 0.15) is 19.4 Å². The van der Waals surface area contributed by atoms with Crippen LogP contribution in [0.5, 0.6) is 0 Å². The number of sulfone groups is 1. The third-order valence-electron chi connectivity index (χ3n) is 3.43. The second-order valence-corrected chi connectivity index (χ2v) is 9.85. The van der Waals surface area contributed by atoms with Crippen molar-refractivity contribution >= 4 is 43.6 Å². The van der Waals surface area contributed by atoms with E-state index in [9.17, 15) is 13.2 Å². The van der Waals surface area contributed by atoms with E-state index in [1.807, 2.05) is 0 Å². The van der Waals surface area contributed by atoms with Gasteiger partial charge in [-0.15, -0.1) is 11.8 Å². The molecule has 0 unspecified atom stereocenters. The Morgan fingerprint density at radius 1 is 1.38 bits per heavy atom. The minimum Gasteiger partial charge on any atom is -0.287 e. The molecule has 2 rings (SSSR count). The van der Waals surface area contributed by atoms with Gasteiger partial charge in [0.2, 0.25) is 9.84 Å². The van der Waals surface area contributed by atoms with Crippen molar-refractivity contribution in [2.24, 2.45) is 0 Å². The molecule has 6 nitrogen and oxygen atoms in total. The molecule has 0 spiro atoms. The number of nitrogens with zero attached hydrogens (tertiary/aromatic N) is 1. The number of halogens is 1. The van der Waals surface area contributed by atoms with Gasteiger partial charge < -0.3 is 0 Å². The van der Waals surface area contributed by atoms with Crippen LogP contribution in [-0.4, -0.2) is 29.4 Å². The standard InChI is InChI=1S/C15H17BrN2O4S2/c1-10-9-11(16)6-7-12(10)24(21,22)13-5-4-8-23-15(2,3)18(13)14(19)17-20/h4-9,20H,1-3H3,(H,17,19). The van der Waals surface area contributed by atoms with Crippen LogP contribution in [0.2, 0.25) is 0 Å². The highest BCUT2D eigenvalue weighted by Gasteiger charge is 2.40.